The van der Waals surface area contributed by atoms with Crippen LogP contribution in [0.15, 0.2) is 54.6 Å². The van der Waals surface area contributed by atoms with Crippen molar-refractivity contribution < 1.29 is 14.5 Å². The number of para-hydroxylation sites is 1. The fraction of sp³-hybridized carbons (Fsp3) is 0.429. The number of hydrogen-bond donors (Lipinski definition) is 2. The first-order valence-corrected chi connectivity index (χ1v) is 9.30. The summed E-state index contributed by atoms with van der Waals surface area (Å²) < 4.78 is 5.99. The molecule has 0 aromatic heterocycles. The molecule has 4 atom stereocenters. The maximum absolute atomic E-state index is 5.99. The molecular weight excluding hydrogens is 296 g/mol. The van der Waals surface area contributed by atoms with E-state index in [1.165, 1.54) is 38.0 Å². The molecule has 2 saturated heterocycles. The average molecular weight is 324 g/mol. The molecule has 2 unspecified atom stereocenters. The monoisotopic (exact) mass is 324 g/mol. The minimum Gasteiger partial charge on any atom is -0.457 e. The van der Waals surface area contributed by atoms with Gasteiger partial charge in [0, 0.05) is 18.4 Å². The minimum atomic E-state index is 0.759. The van der Waals surface area contributed by atoms with Crippen LogP contribution in [0.1, 0.15) is 25.3 Å². The molecule has 0 bridgehead atoms. The highest BCUT2D eigenvalue weighted by molar-refractivity contribution is 5.33. The first kappa shape index (κ1) is 15.7. The molecule has 0 radical (unpaired) electrons. The number of benzene rings is 2. The maximum Gasteiger partial charge on any atom is 0.140 e. The Hall–Kier alpha value is -1.84. The van der Waals surface area contributed by atoms with E-state index in [9.17, 15) is 0 Å². The third kappa shape index (κ3) is 3.33. The van der Waals surface area contributed by atoms with Crippen LogP contribution < -0.4 is 14.5 Å². The second kappa shape index (κ2) is 6.96. The third-order valence-electron chi connectivity index (χ3n) is 5.86. The standard InChI is InChI=1S/C21H26N2O/c1-17-21-11-6-12-22(21)13-14-23(17)16-18-7-5-10-20(15-18)24-19-8-3-2-4-9-19/h2-5,7-10,15,17,21H,6,11-14,16H2,1H3/p+2/t17-,21-/m0/s1. The molecule has 0 amide bonds. The minimum absolute atomic E-state index is 0.759. The molecule has 24 heavy (non-hydrogen) atoms. The predicted octanol–water partition coefficient (Wildman–Crippen LogP) is 1.31. The van der Waals surface area contributed by atoms with Crippen LogP contribution >= 0.6 is 0 Å². The summed E-state index contributed by atoms with van der Waals surface area (Å²) in [6.45, 7) is 7.58. The largest absolute Gasteiger partial charge is 0.457 e. The quantitative estimate of drug-likeness (QED) is 0.868. The lowest BCUT2D eigenvalue weighted by atomic mass is 10.0. The van der Waals surface area contributed by atoms with Gasteiger partial charge in [-0.05, 0) is 31.2 Å². The lowest BCUT2D eigenvalue weighted by Gasteiger charge is -2.37. The Kier molecular flexibility index (Phi) is 4.54. The van der Waals surface area contributed by atoms with Crippen LogP contribution in [-0.4, -0.2) is 31.7 Å². The number of rotatable bonds is 4. The van der Waals surface area contributed by atoms with E-state index in [1.54, 1.807) is 4.90 Å². The Morgan fingerprint density at radius 1 is 0.958 bits per heavy atom. The molecule has 0 saturated carbocycles. The molecule has 2 aliphatic rings. The van der Waals surface area contributed by atoms with E-state index in [4.69, 9.17) is 4.74 Å². The van der Waals surface area contributed by atoms with Crippen LogP contribution in [-0.2, 0) is 6.54 Å². The Labute approximate surface area is 144 Å². The lowest BCUT2D eigenvalue weighted by molar-refractivity contribution is -1.05. The van der Waals surface area contributed by atoms with Crippen molar-refractivity contribution in [2.45, 2.75) is 38.4 Å². The highest BCUT2D eigenvalue weighted by Gasteiger charge is 2.42. The van der Waals surface area contributed by atoms with Crippen molar-refractivity contribution in [1.29, 1.82) is 0 Å². The van der Waals surface area contributed by atoms with Crippen LogP contribution in [0.2, 0.25) is 0 Å². The molecule has 126 valence electrons. The van der Waals surface area contributed by atoms with Crippen LogP contribution in [0.25, 0.3) is 0 Å². The van der Waals surface area contributed by atoms with Gasteiger partial charge in [-0.25, -0.2) is 0 Å². The number of quaternary nitrogens is 2. The summed E-state index contributed by atoms with van der Waals surface area (Å²) in [4.78, 5) is 3.59. The third-order valence-corrected chi connectivity index (χ3v) is 5.86. The van der Waals surface area contributed by atoms with E-state index >= 15 is 0 Å². The maximum atomic E-state index is 5.99. The highest BCUT2D eigenvalue weighted by Crippen LogP contribution is 2.21. The number of piperazine rings is 1. The van der Waals surface area contributed by atoms with Gasteiger partial charge in [-0.15, -0.1) is 0 Å². The smallest absolute Gasteiger partial charge is 0.140 e. The van der Waals surface area contributed by atoms with Gasteiger partial charge in [0.25, 0.3) is 0 Å². The van der Waals surface area contributed by atoms with Gasteiger partial charge in [-0.3, -0.25) is 0 Å². The van der Waals surface area contributed by atoms with Crippen LogP contribution in [0, 0.1) is 0 Å². The molecule has 0 aliphatic carbocycles. The van der Waals surface area contributed by atoms with Crippen molar-refractivity contribution >= 4 is 0 Å². The van der Waals surface area contributed by atoms with E-state index in [0.29, 0.717) is 0 Å². The summed E-state index contributed by atoms with van der Waals surface area (Å²) in [5.74, 6) is 1.84. The zero-order chi connectivity index (χ0) is 16.4. The Bertz CT molecular complexity index is 673. The molecule has 2 fully saturated rings. The Balaban J connectivity index is 1.44. The van der Waals surface area contributed by atoms with Crippen molar-refractivity contribution in [2.75, 3.05) is 19.6 Å². The van der Waals surface area contributed by atoms with Crippen LogP contribution in [0.3, 0.4) is 0 Å². The van der Waals surface area contributed by atoms with Crippen molar-refractivity contribution in [2.24, 2.45) is 0 Å². The van der Waals surface area contributed by atoms with Gasteiger partial charge in [-0.1, -0.05) is 30.3 Å². The van der Waals surface area contributed by atoms with Crippen LogP contribution in [0.4, 0.5) is 0 Å². The second-order valence-electron chi connectivity index (χ2n) is 7.34. The summed E-state index contributed by atoms with van der Waals surface area (Å²) >= 11 is 0. The molecule has 2 aromatic rings. The molecule has 2 aliphatic heterocycles. The van der Waals surface area contributed by atoms with E-state index in [2.05, 4.69) is 25.1 Å². The summed E-state index contributed by atoms with van der Waals surface area (Å²) in [5.41, 5.74) is 1.38. The zero-order valence-electron chi connectivity index (χ0n) is 14.5. The van der Waals surface area contributed by atoms with Gasteiger partial charge in [0.1, 0.15) is 43.2 Å². The fourth-order valence-electron chi connectivity index (χ4n) is 4.54. The highest BCUT2D eigenvalue weighted by atomic mass is 16.5. The summed E-state index contributed by atoms with van der Waals surface area (Å²) in [6.07, 6.45) is 2.83. The second-order valence-corrected chi connectivity index (χ2v) is 7.34. The van der Waals surface area contributed by atoms with E-state index < -0.39 is 0 Å². The van der Waals surface area contributed by atoms with Gasteiger partial charge in [0.2, 0.25) is 0 Å². The SMILES string of the molecule is C[C@H]1[C@@H]2CCC[NH+]2CC[NH+]1Cc1cccc(Oc2ccccc2)c1. The van der Waals surface area contributed by atoms with Gasteiger partial charge >= 0.3 is 0 Å². The average Bonchev–Trinajstić information content (AvgIpc) is 3.08. The molecule has 4 rings (SSSR count). The first-order chi connectivity index (χ1) is 11.8. The number of fused-ring (bicyclic) bond motifs is 1. The van der Waals surface area contributed by atoms with Crippen molar-refractivity contribution in [3.8, 4) is 11.5 Å². The van der Waals surface area contributed by atoms with E-state index in [0.717, 1.165) is 30.1 Å². The van der Waals surface area contributed by atoms with Crippen molar-refractivity contribution in [3.05, 3.63) is 60.2 Å². The van der Waals surface area contributed by atoms with Gasteiger partial charge in [0.15, 0.2) is 0 Å². The van der Waals surface area contributed by atoms with Crippen molar-refractivity contribution in [1.82, 2.24) is 0 Å². The number of ether oxygens (including phenoxy) is 1. The molecule has 2 heterocycles. The Morgan fingerprint density at radius 2 is 1.79 bits per heavy atom. The van der Waals surface area contributed by atoms with E-state index in [1.807, 2.05) is 41.3 Å². The van der Waals surface area contributed by atoms with Gasteiger partial charge in [0.05, 0.1) is 6.54 Å². The van der Waals surface area contributed by atoms with Crippen molar-refractivity contribution in [3.63, 3.8) is 0 Å². The molecule has 3 nitrogen and oxygen atoms in total. The van der Waals surface area contributed by atoms with E-state index in [-0.39, 0.29) is 0 Å². The molecule has 0 spiro atoms. The normalized spacial score (nSPS) is 29.2. The topological polar surface area (TPSA) is 18.1 Å². The molecule has 2 aromatic carbocycles. The fourth-order valence-corrected chi connectivity index (χ4v) is 4.54. The molecule has 3 heteroatoms. The first-order valence-electron chi connectivity index (χ1n) is 9.30. The van der Waals surface area contributed by atoms with Gasteiger partial charge in [-0.2, -0.15) is 0 Å². The Morgan fingerprint density at radius 3 is 2.67 bits per heavy atom. The summed E-state index contributed by atoms with van der Waals surface area (Å²) in [6, 6.07) is 20.3. The van der Waals surface area contributed by atoms with Gasteiger partial charge < -0.3 is 14.5 Å². The molecular formula is C21H28N2O+2. The summed E-state index contributed by atoms with van der Waals surface area (Å²) in [5, 5.41) is 0. The molecule has 2 N–H and O–H groups in total. The predicted molar refractivity (Wildman–Crippen MR) is 95.7 cm³/mol. The number of hydrogen-bond acceptors (Lipinski definition) is 1. The zero-order valence-corrected chi connectivity index (χ0v) is 14.5. The van der Waals surface area contributed by atoms with Crippen LogP contribution in [0.5, 0.6) is 11.5 Å². The summed E-state index contributed by atoms with van der Waals surface area (Å²) in [7, 11) is 0. The number of nitrogens with one attached hydrogen (secondary N) is 2. The lowest BCUT2D eigenvalue weighted by Crippen LogP contribution is -3.31.